The summed E-state index contributed by atoms with van der Waals surface area (Å²) in [5.41, 5.74) is 2.20. The topological polar surface area (TPSA) is 45.5 Å². The van der Waals surface area contributed by atoms with Crippen molar-refractivity contribution in [2.24, 2.45) is 5.92 Å². The molecule has 158 valence electrons. The number of benzene rings is 2. The van der Waals surface area contributed by atoms with E-state index in [-0.39, 0.29) is 11.7 Å². The first kappa shape index (κ1) is 21.8. The molecule has 5 heteroatoms. The minimum absolute atomic E-state index is 0.185. The molecule has 1 N–H and O–H groups in total. The van der Waals surface area contributed by atoms with Crippen LogP contribution in [0.15, 0.2) is 71.1 Å². The first-order valence-corrected chi connectivity index (χ1v) is 10.4. The van der Waals surface area contributed by atoms with Gasteiger partial charge in [0.1, 0.15) is 11.6 Å². The molecule has 30 heavy (non-hydrogen) atoms. The largest absolute Gasteiger partial charge is 0.455 e. The zero-order valence-electron chi connectivity index (χ0n) is 17.6. The van der Waals surface area contributed by atoms with Crippen molar-refractivity contribution in [1.29, 1.82) is 0 Å². The van der Waals surface area contributed by atoms with Crippen molar-refractivity contribution >= 4 is 5.91 Å². The predicted molar refractivity (Wildman–Crippen MR) is 116 cm³/mol. The molecule has 0 saturated heterocycles. The summed E-state index contributed by atoms with van der Waals surface area (Å²) in [4.78, 5) is 14.5. The van der Waals surface area contributed by atoms with Gasteiger partial charge >= 0.3 is 0 Å². The second-order valence-electron chi connectivity index (χ2n) is 7.96. The van der Waals surface area contributed by atoms with Gasteiger partial charge in [0, 0.05) is 19.6 Å². The molecule has 0 spiro atoms. The smallest absolute Gasteiger partial charge is 0.286 e. The first-order valence-electron chi connectivity index (χ1n) is 10.4. The zero-order chi connectivity index (χ0) is 21.3. The van der Waals surface area contributed by atoms with Gasteiger partial charge in [0.2, 0.25) is 0 Å². The van der Waals surface area contributed by atoms with Crippen molar-refractivity contribution in [2.45, 2.75) is 39.9 Å². The molecular formula is C25H29FN2O2. The van der Waals surface area contributed by atoms with Gasteiger partial charge in [-0.2, -0.15) is 0 Å². The standard InChI is InChI=1S/C25H29FN2O2/c1-19(2)14-15-27-25(29)24-13-12-23(30-24)18-28(16-20-6-4-3-5-7-20)17-21-8-10-22(26)11-9-21/h3-13,19H,14-18H2,1-2H3,(H,27,29). The second-order valence-corrected chi connectivity index (χ2v) is 7.96. The van der Waals surface area contributed by atoms with Gasteiger partial charge in [-0.1, -0.05) is 56.3 Å². The normalized spacial score (nSPS) is 11.2. The van der Waals surface area contributed by atoms with Crippen LogP contribution in [0.1, 0.15) is 47.7 Å². The summed E-state index contributed by atoms with van der Waals surface area (Å²) in [6.45, 7) is 6.79. The molecule has 0 aliphatic heterocycles. The maximum Gasteiger partial charge on any atom is 0.286 e. The van der Waals surface area contributed by atoms with Gasteiger partial charge < -0.3 is 9.73 Å². The Labute approximate surface area is 177 Å². The summed E-state index contributed by atoms with van der Waals surface area (Å²) < 4.78 is 19.1. The van der Waals surface area contributed by atoms with Crippen LogP contribution >= 0.6 is 0 Å². The van der Waals surface area contributed by atoms with E-state index in [1.807, 2.05) is 24.3 Å². The van der Waals surface area contributed by atoms with Crippen molar-refractivity contribution < 1.29 is 13.6 Å². The third-order valence-corrected chi connectivity index (χ3v) is 4.84. The summed E-state index contributed by atoms with van der Waals surface area (Å²) in [7, 11) is 0. The Kier molecular flexibility index (Phi) is 7.80. The molecule has 4 nitrogen and oxygen atoms in total. The number of nitrogens with zero attached hydrogens (tertiary/aromatic N) is 1. The first-order chi connectivity index (χ1) is 14.5. The van der Waals surface area contributed by atoms with Crippen molar-refractivity contribution in [2.75, 3.05) is 6.54 Å². The van der Waals surface area contributed by atoms with Gasteiger partial charge in [0.15, 0.2) is 5.76 Å². The lowest BCUT2D eigenvalue weighted by molar-refractivity contribution is 0.0919. The second kappa shape index (κ2) is 10.7. The van der Waals surface area contributed by atoms with Crippen LogP contribution in [0.3, 0.4) is 0 Å². The number of amides is 1. The lowest BCUT2D eigenvalue weighted by atomic mass is 10.1. The highest BCUT2D eigenvalue weighted by Gasteiger charge is 2.14. The van der Waals surface area contributed by atoms with Crippen molar-refractivity contribution in [3.8, 4) is 0 Å². The van der Waals surface area contributed by atoms with E-state index in [1.165, 1.54) is 17.7 Å². The number of nitrogens with one attached hydrogen (secondary N) is 1. The highest BCUT2D eigenvalue weighted by atomic mass is 19.1. The van der Waals surface area contributed by atoms with Gasteiger partial charge in [-0.25, -0.2) is 4.39 Å². The Hall–Kier alpha value is -2.92. The van der Waals surface area contributed by atoms with Gasteiger partial charge in [-0.15, -0.1) is 0 Å². The lowest BCUT2D eigenvalue weighted by Crippen LogP contribution is -2.25. The maximum atomic E-state index is 13.3. The van der Waals surface area contributed by atoms with E-state index in [0.29, 0.717) is 31.3 Å². The van der Waals surface area contributed by atoms with Gasteiger partial charge in [-0.05, 0) is 47.7 Å². The average molecular weight is 409 g/mol. The minimum atomic E-state index is -0.243. The van der Waals surface area contributed by atoms with E-state index < -0.39 is 0 Å². The summed E-state index contributed by atoms with van der Waals surface area (Å²) in [5, 5.41) is 2.90. The van der Waals surface area contributed by atoms with Crippen LogP contribution in [0.25, 0.3) is 0 Å². The Balaban J connectivity index is 1.67. The Bertz CT molecular complexity index is 920. The van der Waals surface area contributed by atoms with E-state index in [0.717, 1.165) is 24.3 Å². The molecule has 0 radical (unpaired) electrons. The Morgan fingerprint density at radius 3 is 2.27 bits per heavy atom. The average Bonchev–Trinajstić information content (AvgIpc) is 3.19. The summed E-state index contributed by atoms with van der Waals surface area (Å²) in [6.07, 6.45) is 0.932. The molecule has 1 aromatic heterocycles. The highest BCUT2D eigenvalue weighted by molar-refractivity contribution is 5.91. The van der Waals surface area contributed by atoms with Crippen LogP contribution in [0, 0.1) is 11.7 Å². The molecule has 0 saturated carbocycles. The molecule has 2 aromatic carbocycles. The van der Waals surface area contributed by atoms with E-state index >= 15 is 0 Å². The number of hydrogen-bond acceptors (Lipinski definition) is 3. The molecule has 0 fully saturated rings. The number of furan rings is 1. The van der Waals surface area contributed by atoms with Crippen LogP contribution in [0.5, 0.6) is 0 Å². The van der Waals surface area contributed by atoms with Crippen molar-refractivity contribution in [3.05, 3.63) is 95.2 Å². The predicted octanol–water partition coefficient (Wildman–Crippen LogP) is 5.40. The summed E-state index contributed by atoms with van der Waals surface area (Å²) in [6, 6.07) is 20.3. The monoisotopic (exact) mass is 408 g/mol. The minimum Gasteiger partial charge on any atom is -0.455 e. The maximum absolute atomic E-state index is 13.3. The molecule has 3 rings (SSSR count). The molecule has 1 heterocycles. The molecule has 1 amide bonds. The van der Waals surface area contributed by atoms with Crippen LogP contribution in [-0.4, -0.2) is 17.4 Å². The fourth-order valence-electron chi connectivity index (χ4n) is 3.22. The lowest BCUT2D eigenvalue weighted by Gasteiger charge is -2.21. The van der Waals surface area contributed by atoms with E-state index in [4.69, 9.17) is 4.42 Å². The molecular weight excluding hydrogens is 379 g/mol. The number of halogens is 1. The third-order valence-electron chi connectivity index (χ3n) is 4.84. The molecule has 0 aliphatic carbocycles. The van der Waals surface area contributed by atoms with E-state index in [1.54, 1.807) is 18.2 Å². The van der Waals surface area contributed by atoms with Crippen molar-refractivity contribution in [1.82, 2.24) is 10.2 Å². The zero-order valence-corrected chi connectivity index (χ0v) is 17.6. The summed E-state index contributed by atoms with van der Waals surface area (Å²) >= 11 is 0. The van der Waals surface area contributed by atoms with Gasteiger partial charge in [-0.3, -0.25) is 9.69 Å². The number of rotatable bonds is 10. The van der Waals surface area contributed by atoms with E-state index in [2.05, 4.69) is 36.2 Å². The number of carbonyl (C=O) groups excluding carboxylic acids is 1. The van der Waals surface area contributed by atoms with Crippen LogP contribution in [0.4, 0.5) is 4.39 Å². The number of carbonyl (C=O) groups is 1. The molecule has 0 bridgehead atoms. The van der Waals surface area contributed by atoms with Crippen LogP contribution in [-0.2, 0) is 19.6 Å². The SMILES string of the molecule is CC(C)CCNC(=O)c1ccc(CN(Cc2ccccc2)Cc2ccc(F)cc2)o1. The molecule has 0 atom stereocenters. The molecule has 0 unspecified atom stereocenters. The van der Waals surface area contributed by atoms with Gasteiger partial charge in [0.25, 0.3) is 5.91 Å². The molecule has 3 aromatic rings. The Morgan fingerprint density at radius 1 is 0.933 bits per heavy atom. The Morgan fingerprint density at radius 2 is 1.60 bits per heavy atom. The summed E-state index contributed by atoms with van der Waals surface area (Å²) in [5.74, 6) is 1.16. The quantitative estimate of drug-likeness (QED) is 0.489. The number of hydrogen-bond donors (Lipinski definition) is 1. The fraction of sp³-hybridized carbons (Fsp3) is 0.320. The fourth-order valence-corrected chi connectivity index (χ4v) is 3.22. The third kappa shape index (κ3) is 6.85. The van der Waals surface area contributed by atoms with Crippen LogP contribution < -0.4 is 5.32 Å². The highest BCUT2D eigenvalue weighted by Crippen LogP contribution is 2.17. The van der Waals surface area contributed by atoms with Crippen molar-refractivity contribution in [3.63, 3.8) is 0 Å². The molecule has 0 aliphatic rings. The van der Waals surface area contributed by atoms with Gasteiger partial charge in [0.05, 0.1) is 6.54 Å². The van der Waals surface area contributed by atoms with E-state index in [9.17, 15) is 9.18 Å². The van der Waals surface area contributed by atoms with Crippen LogP contribution in [0.2, 0.25) is 0 Å².